The highest BCUT2D eigenvalue weighted by Crippen LogP contribution is 2.20. The SMILES string of the molecule is Cc1cc(C)c(C(=S=O)c2ccccc2)c(C)c1. The average molecular weight is 256 g/mol. The molecule has 0 N–H and O–H groups in total. The monoisotopic (exact) mass is 256 g/mol. The highest BCUT2D eigenvalue weighted by atomic mass is 32.1. The molecule has 2 rings (SSSR count). The largest absolute Gasteiger partial charge is 0.212 e. The maximum absolute atomic E-state index is 11.5. The van der Waals surface area contributed by atoms with Gasteiger partial charge in [-0.3, -0.25) is 0 Å². The van der Waals surface area contributed by atoms with E-state index in [1.807, 2.05) is 30.3 Å². The Morgan fingerprint density at radius 2 is 1.50 bits per heavy atom. The fraction of sp³-hybridized carbons (Fsp3) is 0.188. The Morgan fingerprint density at radius 1 is 0.944 bits per heavy atom. The van der Waals surface area contributed by atoms with Crippen LogP contribution < -0.4 is 0 Å². The van der Waals surface area contributed by atoms with Gasteiger partial charge in [-0.15, -0.1) is 0 Å². The van der Waals surface area contributed by atoms with Gasteiger partial charge in [0.25, 0.3) is 0 Å². The van der Waals surface area contributed by atoms with Gasteiger partial charge in [-0.1, -0.05) is 48.0 Å². The summed E-state index contributed by atoms with van der Waals surface area (Å²) in [6, 6.07) is 14.1. The predicted octanol–water partition coefficient (Wildman–Crippen LogP) is 3.39. The van der Waals surface area contributed by atoms with E-state index in [0.717, 1.165) is 27.1 Å². The maximum Gasteiger partial charge on any atom is 0.0978 e. The molecule has 0 aliphatic heterocycles. The summed E-state index contributed by atoms with van der Waals surface area (Å²) in [6.07, 6.45) is 0. The van der Waals surface area contributed by atoms with Crippen molar-refractivity contribution in [1.29, 1.82) is 0 Å². The number of hydrogen-bond donors (Lipinski definition) is 0. The Kier molecular flexibility index (Phi) is 3.78. The molecule has 0 bridgehead atoms. The summed E-state index contributed by atoms with van der Waals surface area (Å²) in [5.41, 5.74) is 5.63. The van der Waals surface area contributed by atoms with Gasteiger partial charge in [-0.2, -0.15) is 0 Å². The zero-order chi connectivity index (χ0) is 13.1. The van der Waals surface area contributed by atoms with E-state index in [1.54, 1.807) is 0 Å². The molecule has 0 unspecified atom stereocenters. The van der Waals surface area contributed by atoms with Crippen LogP contribution >= 0.6 is 0 Å². The summed E-state index contributed by atoms with van der Waals surface area (Å²) in [4.78, 5) is 0.811. The first kappa shape index (κ1) is 12.8. The molecule has 0 spiro atoms. The molecule has 0 saturated heterocycles. The summed E-state index contributed by atoms with van der Waals surface area (Å²) in [6.45, 7) is 6.21. The van der Waals surface area contributed by atoms with Crippen molar-refractivity contribution in [1.82, 2.24) is 0 Å². The molecule has 0 amide bonds. The zero-order valence-corrected chi connectivity index (χ0v) is 11.7. The number of hydrogen-bond acceptors (Lipinski definition) is 1. The molecule has 0 saturated carbocycles. The van der Waals surface area contributed by atoms with Crippen molar-refractivity contribution in [2.24, 2.45) is 0 Å². The van der Waals surface area contributed by atoms with E-state index in [2.05, 4.69) is 32.9 Å². The van der Waals surface area contributed by atoms with Crippen LogP contribution in [0.3, 0.4) is 0 Å². The second-order valence-electron chi connectivity index (χ2n) is 4.55. The minimum atomic E-state index is 0.577. The summed E-state index contributed by atoms with van der Waals surface area (Å²) >= 11 is 0.577. The Labute approximate surface area is 112 Å². The molecule has 2 heteroatoms. The third kappa shape index (κ3) is 2.44. The second-order valence-corrected chi connectivity index (χ2v) is 5.13. The summed E-state index contributed by atoms with van der Waals surface area (Å²) < 4.78 is 11.5. The number of rotatable bonds is 2. The molecular weight excluding hydrogens is 240 g/mol. The van der Waals surface area contributed by atoms with Crippen LogP contribution in [0.2, 0.25) is 0 Å². The first-order valence-electron chi connectivity index (χ1n) is 5.94. The van der Waals surface area contributed by atoms with E-state index < -0.39 is 0 Å². The van der Waals surface area contributed by atoms with Gasteiger partial charge in [0.15, 0.2) is 0 Å². The average Bonchev–Trinajstić information content (AvgIpc) is 2.34. The van der Waals surface area contributed by atoms with E-state index in [1.165, 1.54) is 5.56 Å². The molecule has 0 aliphatic rings. The smallest absolute Gasteiger partial charge is 0.0978 e. The van der Waals surface area contributed by atoms with Crippen LogP contribution in [0.4, 0.5) is 0 Å². The Bertz CT molecular complexity index is 600. The maximum atomic E-state index is 11.5. The highest BCUT2D eigenvalue weighted by molar-refractivity contribution is 7.67. The molecule has 0 heterocycles. The van der Waals surface area contributed by atoms with Crippen LogP contribution in [0, 0.1) is 20.8 Å². The van der Waals surface area contributed by atoms with E-state index in [0.29, 0.717) is 11.3 Å². The standard InChI is InChI=1S/C16H16OS/c1-11-9-12(2)15(13(3)10-11)16(18-17)14-7-5-4-6-8-14/h4-10H,1-3H3. The van der Waals surface area contributed by atoms with Gasteiger partial charge in [0.2, 0.25) is 0 Å². The first-order valence-corrected chi connectivity index (χ1v) is 6.68. The Hall–Kier alpha value is -1.67. The van der Waals surface area contributed by atoms with Crippen LogP contribution in [0.1, 0.15) is 27.8 Å². The van der Waals surface area contributed by atoms with Crippen LogP contribution in [0.15, 0.2) is 42.5 Å². The molecule has 92 valence electrons. The van der Waals surface area contributed by atoms with Crippen LogP contribution in [-0.4, -0.2) is 9.07 Å². The van der Waals surface area contributed by atoms with Crippen molar-refractivity contribution in [3.05, 3.63) is 70.3 Å². The molecule has 1 nitrogen and oxygen atoms in total. The Balaban J connectivity index is 2.65. The number of benzene rings is 2. The van der Waals surface area contributed by atoms with Crippen molar-refractivity contribution in [3.63, 3.8) is 0 Å². The summed E-state index contributed by atoms with van der Waals surface area (Å²) in [5.74, 6) is 0. The van der Waals surface area contributed by atoms with E-state index in [-0.39, 0.29) is 0 Å². The lowest BCUT2D eigenvalue weighted by Gasteiger charge is -2.12. The van der Waals surface area contributed by atoms with Crippen molar-refractivity contribution in [2.75, 3.05) is 0 Å². The van der Waals surface area contributed by atoms with Gasteiger partial charge in [0.05, 0.1) is 16.1 Å². The molecule has 0 aromatic heterocycles. The van der Waals surface area contributed by atoms with Crippen molar-refractivity contribution in [2.45, 2.75) is 20.8 Å². The van der Waals surface area contributed by atoms with E-state index in [4.69, 9.17) is 0 Å². The van der Waals surface area contributed by atoms with Crippen molar-refractivity contribution in [3.8, 4) is 0 Å². The van der Waals surface area contributed by atoms with Gasteiger partial charge < -0.3 is 0 Å². The summed E-state index contributed by atoms with van der Waals surface area (Å²) in [7, 11) is 0. The van der Waals surface area contributed by atoms with Gasteiger partial charge in [0.1, 0.15) is 0 Å². The third-order valence-corrected chi connectivity index (χ3v) is 3.63. The fourth-order valence-corrected chi connectivity index (χ4v) is 3.00. The molecule has 2 aromatic carbocycles. The molecule has 0 aliphatic carbocycles. The van der Waals surface area contributed by atoms with Crippen molar-refractivity contribution < 1.29 is 4.21 Å². The van der Waals surface area contributed by atoms with Gasteiger partial charge >= 0.3 is 0 Å². The van der Waals surface area contributed by atoms with Crippen LogP contribution in [0.5, 0.6) is 0 Å². The van der Waals surface area contributed by atoms with Gasteiger partial charge in [-0.05, 0) is 37.5 Å². The van der Waals surface area contributed by atoms with Gasteiger partial charge in [-0.25, -0.2) is 4.21 Å². The summed E-state index contributed by atoms with van der Waals surface area (Å²) in [5, 5.41) is 0. The lowest BCUT2D eigenvalue weighted by Crippen LogP contribution is -2.08. The molecule has 2 aromatic rings. The van der Waals surface area contributed by atoms with E-state index in [9.17, 15) is 4.21 Å². The minimum absolute atomic E-state index is 0.577. The molecule has 0 atom stereocenters. The van der Waals surface area contributed by atoms with Crippen LogP contribution in [-0.2, 0) is 11.3 Å². The Morgan fingerprint density at radius 3 is 2.00 bits per heavy atom. The topological polar surface area (TPSA) is 17.1 Å². The molecule has 0 radical (unpaired) electrons. The molecule has 0 fully saturated rings. The minimum Gasteiger partial charge on any atom is -0.212 e. The lowest BCUT2D eigenvalue weighted by molar-refractivity contribution is 0.701. The third-order valence-electron chi connectivity index (χ3n) is 3.02. The zero-order valence-electron chi connectivity index (χ0n) is 10.9. The van der Waals surface area contributed by atoms with Gasteiger partial charge in [0, 0.05) is 5.56 Å². The fourth-order valence-electron chi connectivity index (χ4n) is 2.36. The molecular formula is C16H16OS. The molecule has 18 heavy (non-hydrogen) atoms. The van der Waals surface area contributed by atoms with Crippen molar-refractivity contribution >= 4 is 16.1 Å². The highest BCUT2D eigenvalue weighted by Gasteiger charge is 2.12. The normalized spacial score (nSPS) is 10.2. The van der Waals surface area contributed by atoms with E-state index >= 15 is 0 Å². The quantitative estimate of drug-likeness (QED) is 0.594. The predicted molar refractivity (Wildman–Crippen MR) is 78.4 cm³/mol. The lowest BCUT2D eigenvalue weighted by atomic mass is 9.94. The second kappa shape index (κ2) is 5.32. The first-order chi connectivity index (χ1) is 8.63. The number of aryl methyl sites for hydroxylation is 3. The van der Waals surface area contributed by atoms with Crippen LogP contribution in [0.25, 0.3) is 0 Å².